The highest BCUT2D eigenvalue weighted by Crippen LogP contribution is 2.34. The summed E-state index contributed by atoms with van der Waals surface area (Å²) in [5, 5.41) is 27.1. The van der Waals surface area contributed by atoms with E-state index in [9.17, 15) is 19.8 Å². The molecule has 12 nitrogen and oxygen atoms in total. The molecule has 0 radical (unpaired) electrons. The second-order valence-electron chi connectivity index (χ2n) is 9.56. The number of hydrogen-bond acceptors (Lipinski definition) is 10. The molecule has 4 rings (SSSR count). The summed E-state index contributed by atoms with van der Waals surface area (Å²) in [5.74, 6) is 0.0479. The molecule has 2 heterocycles. The second kappa shape index (κ2) is 10.1. The summed E-state index contributed by atoms with van der Waals surface area (Å²) in [5.41, 5.74) is 0.792. The van der Waals surface area contributed by atoms with E-state index in [0.29, 0.717) is 28.3 Å². The van der Waals surface area contributed by atoms with Crippen molar-refractivity contribution in [3.63, 3.8) is 0 Å². The number of aromatic nitrogens is 4. The van der Waals surface area contributed by atoms with Crippen molar-refractivity contribution in [3.05, 3.63) is 42.5 Å². The largest absolute Gasteiger partial charge is 0.482 e. The first-order valence-electron chi connectivity index (χ1n) is 11.5. The van der Waals surface area contributed by atoms with Crippen LogP contribution in [0.3, 0.4) is 0 Å². The number of rotatable bonds is 7. The normalized spacial score (nSPS) is 21.8. The highest BCUT2D eigenvalue weighted by Gasteiger charge is 2.43. The first kappa shape index (κ1) is 25.3. The fourth-order valence-electron chi connectivity index (χ4n) is 4.17. The smallest absolute Gasteiger partial charge is 0.344 e. The van der Waals surface area contributed by atoms with Crippen LogP contribution in [0.15, 0.2) is 36.9 Å². The number of nitrogens with one attached hydrogen (secondary N) is 2. The molecule has 1 fully saturated rings. The number of nitrogens with zero attached hydrogens (tertiary/aromatic N) is 4. The molecule has 1 aliphatic carbocycles. The Balaban J connectivity index is 1.39. The number of carbonyl (C=O) groups excluding carboxylic acids is 2. The number of imidazole rings is 1. The Kier molecular flexibility index (Phi) is 7.09. The van der Waals surface area contributed by atoms with E-state index in [4.69, 9.17) is 9.47 Å². The predicted molar refractivity (Wildman–Crippen MR) is 130 cm³/mol. The van der Waals surface area contributed by atoms with Gasteiger partial charge in [-0.2, -0.15) is 0 Å². The third kappa shape index (κ3) is 5.39. The molecule has 0 saturated heterocycles. The number of benzene rings is 1. The lowest BCUT2D eigenvalue weighted by Gasteiger charge is -2.19. The molecule has 2 aromatic heterocycles. The molecule has 0 bridgehead atoms. The minimum Gasteiger partial charge on any atom is -0.482 e. The lowest BCUT2D eigenvalue weighted by atomic mass is 10.1. The topological polar surface area (TPSA) is 161 Å². The number of aliphatic hydroxyl groups is 2. The van der Waals surface area contributed by atoms with Gasteiger partial charge >= 0.3 is 5.97 Å². The molecular weight excluding hydrogens is 468 g/mol. The Bertz CT molecular complexity index is 1240. The minimum atomic E-state index is -1.18. The van der Waals surface area contributed by atoms with Crippen molar-refractivity contribution < 1.29 is 29.3 Å². The Morgan fingerprint density at radius 1 is 1.11 bits per heavy atom. The Hall–Kier alpha value is -3.77. The van der Waals surface area contributed by atoms with Gasteiger partial charge in [0.1, 0.15) is 35.4 Å². The molecule has 36 heavy (non-hydrogen) atoms. The van der Waals surface area contributed by atoms with E-state index in [1.54, 1.807) is 63.0 Å². The van der Waals surface area contributed by atoms with E-state index in [1.165, 1.54) is 6.33 Å². The van der Waals surface area contributed by atoms with Crippen LogP contribution >= 0.6 is 0 Å². The molecule has 1 saturated carbocycles. The predicted octanol–water partition coefficient (Wildman–Crippen LogP) is 1.05. The Morgan fingerprint density at radius 3 is 2.50 bits per heavy atom. The molecule has 4 atom stereocenters. The number of fused-ring (bicyclic) bond motifs is 1. The number of esters is 1. The van der Waals surface area contributed by atoms with Crippen LogP contribution in [0.2, 0.25) is 0 Å². The van der Waals surface area contributed by atoms with Crippen molar-refractivity contribution in [3.8, 4) is 5.75 Å². The van der Waals surface area contributed by atoms with E-state index in [-0.39, 0.29) is 13.0 Å². The molecule has 1 aliphatic rings. The van der Waals surface area contributed by atoms with Crippen molar-refractivity contribution in [1.82, 2.24) is 24.8 Å². The number of ether oxygens (including phenoxy) is 2. The first-order valence-corrected chi connectivity index (χ1v) is 11.5. The number of anilines is 1. The Labute approximate surface area is 207 Å². The SMILES string of the molecule is CNc1ncnc2c1ncn2[C@@H]1C[C@H](NC(=O)c2ccc(OCC(=O)OC(C)(C)C)cc2)[C@H](O)[C@@H]1O. The van der Waals surface area contributed by atoms with E-state index in [1.807, 2.05) is 0 Å². The summed E-state index contributed by atoms with van der Waals surface area (Å²) in [6, 6.07) is 5.00. The summed E-state index contributed by atoms with van der Waals surface area (Å²) in [6.45, 7) is 5.06. The van der Waals surface area contributed by atoms with Crippen LogP contribution in [0.25, 0.3) is 11.2 Å². The highest BCUT2D eigenvalue weighted by atomic mass is 16.6. The summed E-state index contributed by atoms with van der Waals surface area (Å²) >= 11 is 0. The van der Waals surface area contributed by atoms with Gasteiger partial charge in [0.05, 0.1) is 18.4 Å². The van der Waals surface area contributed by atoms with Gasteiger partial charge in [-0.3, -0.25) is 4.79 Å². The highest BCUT2D eigenvalue weighted by molar-refractivity contribution is 5.94. The van der Waals surface area contributed by atoms with Crippen LogP contribution in [0.4, 0.5) is 5.82 Å². The molecule has 0 aliphatic heterocycles. The maximum absolute atomic E-state index is 12.8. The van der Waals surface area contributed by atoms with Gasteiger partial charge in [0, 0.05) is 12.6 Å². The van der Waals surface area contributed by atoms with Crippen LogP contribution in [0.5, 0.6) is 5.75 Å². The summed E-state index contributed by atoms with van der Waals surface area (Å²) in [7, 11) is 1.72. The van der Waals surface area contributed by atoms with Gasteiger partial charge in [0.2, 0.25) is 0 Å². The zero-order valence-corrected chi connectivity index (χ0v) is 20.5. The Morgan fingerprint density at radius 2 is 1.83 bits per heavy atom. The van der Waals surface area contributed by atoms with Crippen molar-refractivity contribution in [1.29, 1.82) is 0 Å². The third-order valence-electron chi connectivity index (χ3n) is 5.81. The summed E-state index contributed by atoms with van der Waals surface area (Å²) in [4.78, 5) is 37.3. The second-order valence-corrected chi connectivity index (χ2v) is 9.56. The number of carbonyl (C=O) groups is 2. The van der Waals surface area contributed by atoms with Gasteiger partial charge in [0.15, 0.2) is 18.1 Å². The third-order valence-corrected chi connectivity index (χ3v) is 5.81. The van der Waals surface area contributed by atoms with E-state index < -0.39 is 41.8 Å². The lowest BCUT2D eigenvalue weighted by Crippen LogP contribution is -2.43. The van der Waals surface area contributed by atoms with Crippen LogP contribution in [0, 0.1) is 0 Å². The molecule has 1 amide bonds. The summed E-state index contributed by atoms with van der Waals surface area (Å²) in [6.07, 6.45) is 0.892. The van der Waals surface area contributed by atoms with Crippen LogP contribution in [0.1, 0.15) is 43.6 Å². The molecule has 0 spiro atoms. The molecule has 1 aromatic carbocycles. The van der Waals surface area contributed by atoms with Crippen molar-refractivity contribution >= 4 is 28.9 Å². The summed E-state index contributed by atoms with van der Waals surface area (Å²) < 4.78 is 12.3. The molecule has 12 heteroatoms. The van der Waals surface area contributed by atoms with Crippen molar-refractivity contribution in [2.24, 2.45) is 0 Å². The quantitative estimate of drug-likeness (QED) is 0.347. The average molecular weight is 499 g/mol. The van der Waals surface area contributed by atoms with E-state index in [2.05, 4.69) is 25.6 Å². The average Bonchev–Trinajstić information content (AvgIpc) is 3.38. The zero-order valence-electron chi connectivity index (χ0n) is 20.5. The van der Waals surface area contributed by atoms with Gasteiger partial charge in [-0.05, 0) is 51.5 Å². The van der Waals surface area contributed by atoms with Gasteiger partial charge in [0.25, 0.3) is 5.91 Å². The molecule has 3 aromatic rings. The van der Waals surface area contributed by atoms with Gasteiger partial charge in [-0.1, -0.05) is 0 Å². The van der Waals surface area contributed by atoms with E-state index in [0.717, 1.165) is 0 Å². The fourth-order valence-corrected chi connectivity index (χ4v) is 4.17. The minimum absolute atomic E-state index is 0.250. The number of aliphatic hydroxyl groups excluding tert-OH is 2. The maximum atomic E-state index is 12.8. The van der Waals surface area contributed by atoms with Crippen molar-refractivity contribution in [2.75, 3.05) is 19.0 Å². The zero-order chi connectivity index (χ0) is 26.0. The molecule has 192 valence electrons. The van der Waals surface area contributed by atoms with E-state index >= 15 is 0 Å². The maximum Gasteiger partial charge on any atom is 0.344 e. The number of hydrogen-bond donors (Lipinski definition) is 4. The molecule has 0 unspecified atom stereocenters. The van der Waals surface area contributed by atoms with Crippen LogP contribution in [-0.4, -0.2) is 79.1 Å². The van der Waals surface area contributed by atoms with Gasteiger partial charge < -0.3 is 34.9 Å². The van der Waals surface area contributed by atoms with Gasteiger partial charge in [-0.25, -0.2) is 19.7 Å². The molecular formula is C24H30N6O6. The molecule has 4 N–H and O–H groups in total. The number of amides is 1. The fraction of sp³-hybridized carbons (Fsp3) is 0.458. The van der Waals surface area contributed by atoms with Gasteiger partial charge in [-0.15, -0.1) is 0 Å². The lowest BCUT2D eigenvalue weighted by molar-refractivity contribution is -0.157. The first-order chi connectivity index (χ1) is 17.1. The van der Waals surface area contributed by atoms with Crippen LogP contribution in [-0.2, 0) is 9.53 Å². The van der Waals surface area contributed by atoms with Crippen LogP contribution < -0.4 is 15.4 Å². The monoisotopic (exact) mass is 498 g/mol. The van der Waals surface area contributed by atoms with Crippen molar-refractivity contribution in [2.45, 2.75) is 57.1 Å². The standard InChI is InChI=1S/C24H30N6O6/c1-24(2,3)36-17(31)10-35-14-7-5-13(6-8-14)23(34)29-15-9-16(20(33)19(15)32)30-12-28-18-21(25-4)26-11-27-22(18)30/h5-8,11-12,15-16,19-20,32-33H,9-10H2,1-4H3,(H,29,34)(H,25,26,27)/t15-,16+,19-,20+/m0/s1.